The van der Waals surface area contributed by atoms with Crippen LogP contribution in [0.1, 0.15) is 34.1 Å². The maximum Gasteiger partial charge on any atom is 0.262 e. The number of hydrogen-bond donors (Lipinski definition) is 1. The molecule has 0 fully saturated rings. The topological polar surface area (TPSA) is 67.9 Å². The number of para-hydroxylation sites is 1. The Bertz CT molecular complexity index is 893. The summed E-state index contributed by atoms with van der Waals surface area (Å²) in [6, 6.07) is 14.6. The summed E-state index contributed by atoms with van der Waals surface area (Å²) in [5.41, 5.74) is 0.664. The van der Waals surface area contributed by atoms with Gasteiger partial charge in [0.25, 0.3) is 5.91 Å². The van der Waals surface area contributed by atoms with Gasteiger partial charge in [-0.15, -0.1) is 0 Å². The number of benzene rings is 2. The lowest BCUT2D eigenvalue weighted by molar-refractivity contribution is -0.127. The van der Waals surface area contributed by atoms with Crippen LogP contribution in [-0.4, -0.2) is 31.6 Å². The van der Waals surface area contributed by atoms with Gasteiger partial charge in [-0.2, -0.15) is 0 Å². The van der Waals surface area contributed by atoms with Crippen LogP contribution in [0.3, 0.4) is 0 Å². The molecule has 6 heteroatoms. The van der Waals surface area contributed by atoms with Crippen molar-refractivity contribution in [3.8, 4) is 11.5 Å². The lowest BCUT2D eigenvalue weighted by Gasteiger charge is -2.28. The van der Waals surface area contributed by atoms with Crippen LogP contribution in [0, 0.1) is 11.3 Å². The summed E-state index contributed by atoms with van der Waals surface area (Å²) in [5, 5.41) is 2.85. The molecule has 0 bridgehead atoms. The summed E-state index contributed by atoms with van der Waals surface area (Å²) in [6.45, 7) is 8.88. The number of nitrogens with zero attached hydrogens (tertiary/aromatic N) is 1. The lowest BCUT2D eigenvalue weighted by atomic mass is 9.92. The van der Waals surface area contributed by atoms with E-state index in [4.69, 9.17) is 9.47 Å². The molecule has 2 aromatic rings. The second-order valence-corrected chi connectivity index (χ2v) is 8.64. The third-order valence-corrected chi connectivity index (χ3v) is 4.99. The molecule has 1 N–H and O–H groups in total. The average Bonchev–Trinajstić information content (AvgIpc) is 2.80. The summed E-state index contributed by atoms with van der Waals surface area (Å²) < 4.78 is 11.4. The molecule has 6 nitrogen and oxygen atoms in total. The normalized spacial score (nSPS) is 15.2. The maximum atomic E-state index is 13.2. The van der Waals surface area contributed by atoms with Crippen LogP contribution in [-0.2, 0) is 9.59 Å². The summed E-state index contributed by atoms with van der Waals surface area (Å²) in [7, 11) is 0. The molecule has 1 aliphatic heterocycles. The van der Waals surface area contributed by atoms with Gasteiger partial charge in [-0.3, -0.25) is 9.59 Å². The minimum absolute atomic E-state index is 0.0257. The van der Waals surface area contributed by atoms with E-state index in [-0.39, 0.29) is 18.4 Å². The zero-order valence-corrected chi connectivity index (χ0v) is 18.1. The van der Waals surface area contributed by atoms with Crippen LogP contribution in [0.15, 0.2) is 48.5 Å². The van der Waals surface area contributed by atoms with Gasteiger partial charge in [-0.1, -0.05) is 32.0 Å². The highest BCUT2D eigenvalue weighted by Crippen LogP contribution is 2.38. The fourth-order valence-electron chi connectivity index (χ4n) is 3.19. The summed E-state index contributed by atoms with van der Waals surface area (Å²) in [5.74, 6) is 1.50. The van der Waals surface area contributed by atoms with Crippen molar-refractivity contribution >= 4 is 23.2 Å². The predicted molar refractivity (Wildman–Crippen MR) is 118 cm³/mol. The third-order valence-electron chi connectivity index (χ3n) is 4.99. The molecule has 2 amide bonds. The van der Waals surface area contributed by atoms with Crippen molar-refractivity contribution in [3.63, 3.8) is 0 Å². The number of rotatable bonds is 7. The molecule has 1 heterocycles. The van der Waals surface area contributed by atoms with E-state index in [1.165, 1.54) is 0 Å². The highest BCUT2D eigenvalue weighted by Gasteiger charge is 2.37. The zero-order chi connectivity index (χ0) is 21.7. The number of carbonyl (C=O) groups is 2. The minimum atomic E-state index is -0.622. The summed E-state index contributed by atoms with van der Waals surface area (Å²) >= 11 is 0. The first-order valence-electron chi connectivity index (χ1n) is 10.3. The van der Waals surface area contributed by atoms with Crippen molar-refractivity contribution in [1.82, 2.24) is 0 Å². The van der Waals surface area contributed by atoms with Gasteiger partial charge in [-0.25, -0.2) is 0 Å². The first-order chi connectivity index (χ1) is 14.3. The predicted octanol–water partition coefficient (Wildman–Crippen LogP) is 4.50. The van der Waals surface area contributed by atoms with E-state index in [0.717, 1.165) is 6.42 Å². The van der Waals surface area contributed by atoms with Gasteiger partial charge in [0.1, 0.15) is 18.1 Å². The van der Waals surface area contributed by atoms with Gasteiger partial charge < -0.3 is 19.7 Å². The van der Waals surface area contributed by atoms with Gasteiger partial charge in [0.05, 0.1) is 11.1 Å². The van der Waals surface area contributed by atoms with E-state index in [2.05, 4.69) is 19.2 Å². The number of hydrogen-bond acceptors (Lipinski definition) is 4. The Morgan fingerprint density at radius 2 is 1.93 bits per heavy atom. The fraction of sp³-hybridized carbons (Fsp3) is 0.417. The zero-order valence-electron chi connectivity index (χ0n) is 18.1. The van der Waals surface area contributed by atoms with Crippen LogP contribution in [0.25, 0.3) is 0 Å². The second-order valence-electron chi connectivity index (χ2n) is 8.64. The first-order valence-corrected chi connectivity index (χ1v) is 10.3. The Morgan fingerprint density at radius 1 is 1.20 bits per heavy atom. The molecule has 2 aromatic carbocycles. The van der Waals surface area contributed by atoms with Crippen molar-refractivity contribution < 1.29 is 19.1 Å². The van der Waals surface area contributed by atoms with E-state index in [9.17, 15) is 9.59 Å². The van der Waals surface area contributed by atoms with Crippen molar-refractivity contribution in [2.45, 2.75) is 34.1 Å². The van der Waals surface area contributed by atoms with Crippen LogP contribution in [0.5, 0.6) is 11.5 Å². The van der Waals surface area contributed by atoms with Crippen LogP contribution >= 0.6 is 0 Å². The molecular weight excluding hydrogens is 380 g/mol. The molecule has 0 aromatic heterocycles. The molecule has 3 rings (SSSR count). The van der Waals surface area contributed by atoms with E-state index in [0.29, 0.717) is 41.9 Å². The fourth-order valence-corrected chi connectivity index (χ4v) is 3.19. The molecule has 0 unspecified atom stereocenters. The quantitative estimate of drug-likeness (QED) is 0.730. The Kier molecular flexibility index (Phi) is 6.65. The Labute approximate surface area is 178 Å². The molecule has 0 aliphatic carbocycles. The SMILES string of the molecule is CC(C)CCN1C(=O)C(C)(C)COc2ccc(NC(=O)COc3ccccc3)cc21. The molecule has 1 aliphatic rings. The minimum Gasteiger partial charge on any atom is -0.490 e. The molecule has 0 radical (unpaired) electrons. The van der Waals surface area contributed by atoms with Crippen molar-refractivity contribution in [2.24, 2.45) is 11.3 Å². The Hall–Kier alpha value is -3.02. The monoisotopic (exact) mass is 410 g/mol. The Balaban J connectivity index is 1.77. The molecule has 0 saturated carbocycles. The number of nitrogens with one attached hydrogen (secondary N) is 1. The molecular formula is C24H30N2O4. The van der Waals surface area contributed by atoms with Gasteiger partial charge in [0, 0.05) is 12.2 Å². The molecule has 0 saturated heterocycles. The highest BCUT2D eigenvalue weighted by molar-refractivity contribution is 6.00. The van der Waals surface area contributed by atoms with Gasteiger partial charge in [0.2, 0.25) is 5.91 Å². The number of anilines is 2. The van der Waals surface area contributed by atoms with Crippen LogP contribution in [0.2, 0.25) is 0 Å². The van der Waals surface area contributed by atoms with Gasteiger partial charge in [-0.05, 0) is 56.5 Å². The van der Waals surface area contributed by atoms with Gasteiger partial charge in [0.15, 0.2) is 6.61 Å². The van der Waals surface area contributed by atoms with Crippen LogP contribution in [0.4, 0.5) is 11.4 Å². The summed E-state index contributed by atoms with van der Waals surface area (Å²) in [4.78, 5) is 27.3. The van der Waals surface area contributed by atoms with Gasteiger partial charge >= 0.3 is 0 Å². The van der Waals surface area contributed by atoms with Crippen molar-refractivity contribution in [2.75, 3.05) is 30.0 Å². The van der Waals surface area contributed by atoms with E-state index in [1.54, 1.807) is 35.2 Å². The molecule has 160 valence electrons. The summed E-state index contributed by atoms with van der Waals surface area (Å²) in [6.07, 6.45) is 0.878. The van der Waals surface area contributed by atoms with Crippen molar-refractivity contribution in [3.05, 3.63) is 48.5 Å². The standard InChI is InChI=1S/C24H30N2O4/c1-17(2)12-13-26-20-14-18(10-11-21(20)30-16-24(3,4)23(26)28)25-22(27)15-29-19-8-6-5-7-9-19/h5-11,14,17H,12-13,15-16H2,1-4H3,(H,25,27). The van der Waals surface area contributed by atoms with Crippen LogP contribution < -0.4 is 19.7 Å². The second kappa shape index (κ2) is 9.20. The van der Waals surface area contributed by atoms with E-state index in [1.807, 2.05) is 32.0 Å². The van der Waals surface area contributed by atoms with Crippen molar-refractivity contribution in [1.29, 1.82) is 0 Å². The number of ether oxygens (including phenoxy) is 2. The molecule has 30 heavy (non-hydrogen) atoms. The largest absolute Gasteiger partial charge is 0.490 e. The molecule has 0 spiro atoms. The Morgan fingerprint density at radius 3 is 2.63 bits per heavy atom. The van der Waals surface area contributed by atoms with E-state index >= 15 is 0 Å². The third kappa shape index (κ3) is 5.32. The highest BCUT2D eigenvalue weighted by atomic mass is 16.5. The number of amides is 2. The van der Waals surface area contributed by atoms with E-state index < -0.39 is 5.41 Å². The lowest BCUT2D eigenvalue weighted by Crippen LogP contribution is -2.42. The maximum absolute atomic E-state index is 13.2. The molecule has 0 atom stereocenters. The average molecular weight is 411 g/mol. The number of fused-ring (bicyclic) bond motifs is 1. The number of carbonyl (C=O) groups excluding carboxylic acids is 2. The first kappa shape index (κ1) is 21.7. The smallest absolute Gasteiger partial charge is 0.262 e.